The molecule has 0 radical (unpaired) electrons. The van der Waals surface area contributed by atoms with Crippen molar-refractivity contribution in [2.75, 3.05) is 0 Å². The number of benzene rings is 1. The van der Waals surface area contributed by atoms with Crippen LogP contribution in [-0.4, -0.2) is 39.8 Å². The molecule has 0 aliphatic carbocycles. The number of aliphatic hydroxyl groups is 1. The third-order valence-corrected chi connectivity index (χ3v) is 3.20. The Kier molecular flexibility index (Phi) is 5.01. The summed E-state index contributed by atoms with van der Waals surface area (Å²) >= 11 is 0. The highest BCUT2D eigenvalue weighted by atomic mass is 16.6. The zero-order valence-electron chi connectivity index (χ0n) is 13.5. The molecule has 1 heterocycles. The molecule has 5 nitrogen and oxygen atoms in total. The second-order valence-corrected chi connectivity index (χ2v) is 6.30. The van der Waals surface area contributed by atoms with E-state index in [0.29, 0.717) is 0 Å². The summed E-state index contributed by atoms with van der Waals surface area (Å²) in [6.07, 6.45) is 4.31. The first-order chi connectivity index (χ1) is 10.8. The van der Waals surface area contributed by atoms with Crippen LogP contribution in [0.4, 0.5) is 4.79 Å². The molecule has 1 aromatic carbocycles. The molecule has 5 heteroatoms. The molecule has 0 saturated carbocycles. The van der Waals surface area contributed by atoms with Gasteiger partial charge in [-0.25, -0.2) is 9.69 Å². The summed E-state index contributed by atoms with van der Waals surface area (Å²) < 4.78 is 5.23. The standard InChI is InChI=1S/C18H21NO4/c1-18(2,3)23-17(22)19-14(10-12-16(19)21)15(20)11-9-13-7-5-4-6-8-13/h4-12,14-15,20H,1-3H3/b11-9+/t14-,15-/m0/s1. The van der Waals surface area contributed by atoms with Gasteiger partial charge in [-0.15, -0.1) is 0 Å². The fraction of sp³-hybridized carbons (Fsp3) is 0.333. The molecule has 0 aromatic heterocycles. The van der Waals surface area contributed by atoms with Gasteiger partial charge >= 0.3 is 6.09 Å². The Morgan fingerprint density at radius 3 is 2.57 bits per heavy atom. The molecule has 0 spiro atoms. The van der Waals surface area contributed by atoms with Crippen molar-refractivity contribution in [3.05, 3.63) is 54.1 Å². The number of imide groups is 1. The highest BCUT2D eigenvalue weighted by molar-refractivity contribution is 6.01. The van der Waals surface area contributed by atoms with Gasteiger partial charge in [-0.05, 0) is 26.3 Å². The van der Waals surface area contributed by atoms with Crippen molar-refractivity contribution in [3.63, 3.8) is 0 Å². The number of carbonyl (C=O) groups is 2. The van der Waals surface area contributed by atoms with Gasteiger partial charge in [0.05, 0.1) is 12.1 Å². The monoisotopic (exact) mass is 315 g/mol. The largest absolute Gasteiger partial charge is 0.443 e. The minimum atomic E-state index is -1.01. The van der Waals surface area contributed by atoms with E-state index in [1.807, 2.05) is 30.3 Å². The first kappa shape index (κ1) is 17.0. The van der Waals surface area contributed by atoms with Crippen LogP contribution in [0.2, 0.25) is 0 Å². The van der Waals surface area contributed by atoms with Crippen molar-refractivity contribution in [3.8, 4) is 0 Å². The number of hydrogen-bond donors (Lipinski definition) is 1. The molecule has 1 aliphatic rings. The smallest absolute Gasteiger partial charge is 0.417 e. The lowest BCUT2D eigenvalue weighted by Gasteiger charge is -2.28. The molecule has 1 N–H and O–H groups in total. The summed E-state index contributed by atoms with van der Waals surface area (Å²) in [4.78, 5) is 25.0. The average molecular weight is 315 g/mol. The predicted octanol–water partition coefficient (Wildman–Crippen LogP) is 2.76. The van der Waals surface area contributed by atoms with Gasteiger partial charge in [-0.1, -0.05) is 48.6 Å². The Morgan fingerprint density at radius 1 is 1.30 bits per heavy atom. The molecule has 0 fully saturated rings. The van der Waals surface area contributed by atoms with Crippen molar-refractivity contribution >= 4 is 18.1 Å². The van der Waals surface area contributed by atoms with Crippen molar-refractivity contribution < 1.29 is 19.4 Å². The second kappa shape index (κ2) is 6.79. The molecule has 2 amide bonds. The summed E-state index contributed by atoms with van der Waals surface area (Å²) in [6, 6.07) is 8.69. The van der Waals surface area contributed by atoms with Gasteiger partial charge in [0, 0.05) is 6.08 Å². The van der Waals surface area contributed by atoms with Gasteiger partial charge in [0.15, 0.2) is 0 Å². The molecule has 2 rings (SSSR count). The van der Waals surface area contributed by atoms with Crippen LogP contribution >= 0.6 is 0 Å². The van der Waals surface area contributed by atoms with E-state index >= 15 is 0 Å². The number of amides is 2. The lowest BCUT2D eigenvalue weighted by atomic mass is 10.1. The summed E-state index contributed by atoms with van der Waals surface area (Å²) in [5, 5.41) is 10.3. The molecule has 0 bridgehead atoms. The average Bonchev–Trinajstić information content (AvgIpc) is 2.86. The lowest BCUT2D eigenvalue weighted by Crippen LogP contribution is -2.47. The van der Waals surface area contributed by atoms with E-state index in [4.69, 9.17) is 4.74 Å². The van der Waals surface area contributed by atoms with Crippen LogP contribution in [-0.2, 0) is 9.53 Å². The Bertz CT molecular complexity index is 628. The van der Waals surface area contributed by atoms with E-state index in [1.54, 1.807) is 32.9 Å². The van der Waals surface area contributed by atoms with Crippen LogP contribution in [0.5, 0.6) is 0 Å². The normalized spacial score (nSPS) is 19.4. The minimum absolute atomic E-state index is 0.489. The SMILES string of the molecule is CC(C)(C)OC(=O)N1C(=O)C=C[C@H]1[C@@H](O)/C=C/c1ccccc1. The Balaban J connectivity index is 2.10. The van der Waals surface area contributed by atoms with Crippen molar-refractivity contribution in [1.82, 2.24) is 4.90 Å². The van der Waals surface area contributed by atoms with Crippen LogP contribution in [0.1, 0.15) is 26.3 Å². The van der Waals surface area contributed by atoms with E-state index in [2.05, 4.69) is 0 Å². The third-order valence-electron chi connectivity index (χ3n) is 3.20. The fourth-order valence-corrected chi connectivity index (χ4v) is 2.17. The van der Waals surface area contributed by atoms with Gasteiger partial charge in [-0.3, -0.25) is 4.79 Å². The van der Waals surface area contributed by atoms with Gasteiger partial charge in [0.1, 0.15) is 5.60 Å². The minimum Gasteiger partial charge on any atom is -0.443 e. The summed E-state index contributed by atoms with van der Waals surface area (Å²) in [5.74, 6) is -0.489. The number of ether oxygens (including phenoxy) is 1. The van der Waals surface area contributed by atoms with Gasteiger partial charge in [0.25, 0.3) is 5.91 Å². The summed E-state index contributed by atoms with van der Waals surface area (Å²) in [6.45, 7) is 5.17. The zero-order chi connectivity index (χ0) is 17.0. The lowest BCUT2D eigenvalue weighted by molar-refractivity contribution is -0.126. The maximum absolute atomic E-state index is 12.2. The van der Waals surface area contributed by atoms with Gasteiger partial charge < -0.3 is 9.84 Å². The Labute approximate surface area is 135 Å². The van der Waals surface area contributed by atoms with E-state index < -0.39 is 29.7 Å². The maximum atomic E-state index is 12.2. The van der Waals surface area contributed by atoms with Crippen molar-refractivity contribution in [2.45, 2.75) is 38.5 Å². The molecule has 0 unspecified atom stereocenters. The molecular weight excluding hydrogens is 294 g/mol. The van der Waals surface area contributed by atoms with E-state index in [9.17, 15) is 14.7 Å². The Morgan fingerprint density at radius 2 is 1.96 bits per heavy atom. The maximum Gasteiger partial charge on any atom is 0.417 e. The first-order valence-electron chi connectivity index (χ1n) is 7.43. The van der Waals surface area contributed by atoms with E-state index in [-0.39, 0.29) is 0 Å². The van der Waals surface area contributed by atoms with Crippen molar-refractivity contribution in [1.29, 1.82) is 0 Å². The summed E-state index contributed by atoms with van der Waals surface area (Å²) in [5.41, 5.74) is 0.207. The van der Waals surface area contributed by atoms with Crippen LogP contribution < -0.4 is 0 Å². The molecular formula is C18H21NO4. The van der Waals surface area contributed by atoms with E-state index in [0.717, 1.165) is 10.5 Å². The molecule has 1 aromatic rings. The molecule has 2 atom stereocenters. The highest BCUT2D eigenvalue weighted by Crippen LogP contribution is 2.20. The topological polar surface area (TPSA) is 66.8 Å². The number of rotatable bonds is 3. The number of hydrogen-bond acceptors (Lipinski definition) is 4. The molecule has 23 heavy (non-hydrogen) atoms. The predicted molar refractivity (Wildman–Crippen MR) is 87.5 cm³/mol. The van der Waals surface area contributed by atoms with Crippen LogP contribution in [0.3, 0.4) is 0 Å². The molecule has 122 valence electrons. The van der Waals surface area contributed by atoms with Crippen LogP contribution in [0.25, 0.3) is 6.08 Å². The number of carbonyl (C=O) groups excluding carboxylic acids is 2. The Hall–Kier alpha value is -2.40. The number of aliphatic hydroxyl groups excluding tert-OH is 1. The zero-order valence-corrected chi connectivity index (χ0v) is 13.5. The van der Waals surface area contributed by atoms with Crippen molar-refractivity contribution in [2.24, 2.45) is 0 Å². The van der Waals surface area contributed by atoms with Gasteiger partial charge in [0.2, 0.25) is 0 Å². The quantitative estimate of drug-likeness (QED) is 0.931. The third kappa shape index (κ3) is 4.53. The number of nitrogens with zero attached hydrogens (tertiary/aromatic N) is 1. The molecule has 1 aliphatic heterocycles. The van der Waals surface area contributed by atoms with Gasteiger partial charge in [-0.2, -0.15) is 0 Å². The molecule has 0 saturated heterocycles. The summed E-state index contributed by atoms with van der Waals surface area (Å²) in [7, 11) is 0. The first-order valence-corrected chi connectivity index (χ1v) is 7.43. The fourth-order valence-electron chi connectivity index (χ4n) is 2.17. The van der Waals surface area contributed by atoms with E-state index in [1.165, 1.54) is 12.2 Å². The second-order valence-electron chi connectivity index (χ2n) is 6.30. The van der Waals surface area contributed by atoms with Crippen LogP contribution in [0.15, 0.2) is 48.6 Å². The van der Waals surface area contributed by atoms with Crippen LogP contribution in [0, 0.1) is 0 Å². The highest BCUT2D eigenvalue weighted by Gasteiger charge is 2.37.